The quantitative estimate of drug-likeness (QED) is 0.395. The van der Waals surface area contributed by atoms with E-state index in [0.717, 1.165) is 38.5 Å². The lowest BCUT2D eigenvalue weighted by Crippen LogP contribution is -2.06. The van der Waals surface area contributed by atoms with Crippen LogP contribution in [0.3, 0.4) is 0 Å². The number of aromatic nitrogens is 1. The summed E-state index contributed by atoms with van der Waals surface area (Å²) in [7, 11) is 0. The summed E-state index contributed by atoms with van der Waals surface area (Å²) >= 11 is 0. The Morgan fingerprint density at radius 1 is 0.769 bits per heavy atom. The van der Waals surface area contributed by atoms with Gasteiger partial charge in [0.15, 0.2) is 0 Å². The Hall–Kier alpha value is -2.87. The maximum atomic E-state index is 12.7. The third-order valence-corrected chi connectivity index (χ3v) is 5.07. The summed E-state index contributed by atoms with van der Waals surface area (Å²) < 4.78 is 1.90. The van der Waals surface area contributed by atoms with Crippen LogP contribution in [0.25, 0.3) is 32.9 Å². The van der Waals surface area contributed by atoms with Crippen molar-refractivity contribution in [2.24, 2.45) is 0 Å². The van der Waals surface area contributed by atoms with Crippen molar-refractivity contribution in [1.29, 1.82) is 0 Å². The first kappa shape index (κ1) is 16.6. The van der Waals surface area contributed by atoms with Gasteiger partial charge in [-0.25, -0.2) is 0 Å². The lowest BCUT2D eigenvalue weighted by atomic mass is 9.98. The number of carbonyl (C=O) groups excluding carboxylic acids is 1. The molecule has 0 amide bonds. The van der Waals surface area contributed by atoms with E-state index in [-0.39, 0.29) is 5.91 Å². The van der Waals surface area contributed by atoms with Gasteiger partial charge in [-0.2, -0.15) is 0 Å². The van der Waals surface area contributed by atoms with Crippen molar-refractivity contribution in [1.82, 2.24) is 4.57 Å². The monoisotopic (exact) mass is 341 g/mol. The van der Waals surface area contributed by atoms with Gasteiger partial charge in [0.1, 0.15) is 0 Å². The zero-order chi connectivity index (χ0) is 18.6. The van der Waals surface area contributed by atoms with Gasteiger partial charge in [-0.1, -0.05) is 59.2 Å². The number of aryl methyl sites for hydroxylation is 4. The van der Waals surface area contributed by atoms with Gasteiger partial charge >= 0.3 is 0 Å². The SMILES string of the molecule is CC(=O)n1c2c(C)cc(C)cc2c2cccc(-c3cc(C)cc(C)c3)c21. The molecule has 0 spiro atoms. The summed E-state index contributed by atoms with van der Waals surface area (Å²) in [4.78, 5) is 12.7. The number of carbonyl (C=O) groups is 1. The van der Waals surface area contributed by atoms with Crippen molar-refractivity contribution in [3.8, 4) is 11.1 Å². The maximum Gasteiger partial charge on any atom is 0.228 e. The Bertz CT molecular complexity index is 1170. The number of fused-ring (bicyclic) bond motifs is 3. The van der Waals surface area contributed by atoms with E-state index < -0.39 is 0 Å². The second-order valence-electron chi connectivity index (χ2n) is 7.41. The van der Waals surface area contributed by atoms with Gasteiger partial charge in [-0.3, -0.25) is 9.36 Å². The highest BCUT2D eigenvalue weighted by Gasteiger charge is 2.19. The van der Waals surface area contributed by atoms with Crippen LogP contribution in [0.15, 0.2) is 48.5 Å². The standard InChI is InChI=1S/C24H23NO/c1-14-9-15(2)12-19(11-14)20-7-6-8-21-22-13-16(3)10-17(4)23(22)25(18(5)26)24(20)21/h6-13H,1-5H3. The van der Waals surface area contributed by atoms with E-state index in [2.05, 4.69) is 76.2 Å². The molecule has 2 heteroatoms. The second kappa shape index (κ2) is 5.84. The molecule has 0 N–H and O–H groups in total. The van der Waals surface area contributed by atoms with Gasteiger partial charge in [0, 0.05) is 23.3 Å². The molecular weight excluding hydrogens is 318 g/mol. The molecule has 0 aliphatic heterocycles. The molecule has 4 aromatic rings. The molecule has 2 nitrogen and oxygen atoms in total. The van der Waals surface area contributed by atoms with Crippen LogP contribution in [0.1, 0.15) is 34.0 Å². The van der Waals surface area contributed by atoms with Crippen molar-refractivity contribution in [2.45, 2.75) is 34.6 Å². The molecule has 3 aromatic carbocycles. The molecule has 1 heterocycles. The lowest BCUT2D eigenvalue weighted by molar-refractivity contribution is 0.0946. The molecular formula is C24H23NO. The van der Waals surface area contributed by atoms with E-state index in [1.165, 1.54) is 16.7 Å². The van der Waals surface area contributed by atoms with Gasteiger partial charge in [0.2, 0.25) is 5.91 Å². The number of nitrogens with zero attached hydrogens (tertiary/aromatic N) is 1. The lowest BCUT2D eigenvalue weighted by Gasteiger charge is -2.10. The highest BCUT2D eigenvalue weighted by Crippen LogP contribution is 2.38. The van der Waals surface area contributed by atoms with E-state index in [9.17, 15) is 4.79 Å². The van der Waals surface area contributed by atoms with Gasteiger partial charge in [0.05, 0.1) is 11.0 Å². The Labute approximate surface area is 154 Å². The minimum atomic E-state index is 0.0498. The van der Waals surface area contributed by atoms with Crippen LogP contribution in [0.2, 0.25) is 0 Å². The molecule has 0 saturated heterocycles. The van der Waals surface area contributed by atoms with Gasteiger partial charge in [-0.15, -0.1) is 0 Å². The average molecular weight is 341 g/mol. The normalized spacial score (nSPS) is 11.4. The van der Waals surface area contributed by atoms with Crippen molar-refractivity contribution in [2.75, 3.05) is 0 Å². The van der Waals surface area contributed by atoms with Crippen molar-refractivity contribution >= 4 is 27.7 Å². The van der Waals surface area contributed by atoms with Crippen LogP contribution in [-0.4, -0.2) is 10.5 Å². The topological polar surface area (TPSA) is 22.0 Å². The number of para-hydroxylation sites is 1. The Balaban J connectivity index is 2.24. The Morgan fingerprint density at radius 3 is 2.08 bits per heavy atom. The van der Waals surface area contributed by atoms with Crippen LogP contribution >= 0.6 is 0 Å². The van der Waals surface area contributed by atoms with E-state index in [1.54, 1.807) is 6.92 Å². The van der Waals surface area contributed by atoms with E-state index >= 15 is 0 Å². The first-order valence-electron chi connectivity index (χ1n) is 9.01. The molecule has 0 bridgehead atoms. The van der Waals surface area contributed by atoms with E-state index in [0.29, 0.717) is 0 Å². The predicted molar refractivity (Wildman–Crippen MR) is 110 cm³/mol. The first-order valence-corrected chi connectivity index (χ1v) is 9.01. The zero-order valence-corrected chi connectivity index (χ0v) is 16.0. The zero-order valence-electron chi connectivity index (χ0n) is 16.0. The summed E-state index contributed by atoms with van der Waals surface area (Å²) in [5.74, 6) is 0.0498. The second-order valence-corrected chi connectivity index (χ2v) is 7.41. The average Bonchev–Trinajstić information content (AvgIpc) is 2.89. The third-order valence-electron chi connectivity index (χ3n) is 5.07. The summed E-state index contributed by atoms with van der Waals surface area (Å²) in [5.41, 5.74) is 9.12. The highest BCUT2D eigenvalue weighted by atomic mass is 16.1. The fourth-order valence-corrected chi connectivity index (χ4v) is 4.25. The molecule has 0 fully saturated rings. The molecule has 0 unspecified atom stereocenters. The predicted octanol–water partition coefficient (Wildman–Crippen LogP) is 6.36. The van der Waals surface area contributed by atoms with E-state index in [4.69, 9.17) is 0 Å². The van der Waals surface area contributed by atoms with Crippen molar-refractivity contribution in [3.05, 3.63) is 70.8 Å². The van der Waals surface area contributed by atoms with E-state index in [1.807, 2.05) is 4.57 Å². The number of hydrogen-bond donors (Lipinski definition) is 0. The third kappa shape index (κ3) is 2.45. The fraction of sp³-hybridized carbons (Fsp3) is 0.208. The van der Waals surface area contributed by atoms with Crippen LogP contribution in [-0.2, 0) is 0 Å². The summed E-state index contributed by atoms with van der Waals surface area (Å²) in [6, 6.07) is 17.3. The molecule has 0 aliphatic carbocycles. The van der Waals surface area contributed by atoms with Gasteiger partial charge < -0.3 is 0 Å². The molecule has 130 valence electrons. The van der Waals surface area contributed by atoms with Crippen molar-refractivity contribution in [3.63, 3.8) is 0 Å². The number of hydrogen-bond acceptors (Lipinski definition) is 1. The molecule has 4 rings (SSSR count). The fourth-order valence-electron chi connectivity index (χ4n) is 4.25. The molecule has 0 radical (unpaired) electrons. The molecule has 0 saturated carbocycles. The van der Waals surface area contributed by atoms with Crippen LogP contribution in [0.4, 0.5) is 0 Å². The maximum absolute atomic E-state index is 12.7. The summed E-state index contributed by atoms with van der Waals surface area (Å²) in [5, 5.41) is 2.29. The minimum Gasteiger partial charge on any atom is -0.279 e. The number of benzene rings is 3. The Kier molecular flexibility index (Phi) is 3.73. The van der Waals surface area contributed by atoms with Gasteiger partial charge in [-0.05, 0) is 44.9 Å². The van der Waals surface area contributed by atoms with Crippen LogP contribution in [0.5, 0.6) is 0 Å². The van der Waals surface area contributed by atoms with Crippen LogP contribution < -0.4 is 0 Å². The molecule has 0 atom stereocenters. The Morgan fingerprint density at radius 2 is 1.42 bits per heavy atom. The molecule has 0 aliphatic rings. The molecule has 26 heavy (non-hydrogen) atoms. The minimum absolute atomic E-state index is 0.0498. The summed E-state index contributed by atoms with van der Waals surface area (Å²) in [6.07, 6.45) is 0. The number of rotatable bonds is 1. The molecule has 1 aromatic heterocycles. The summed E-state index contributed by atoms with van der Waals surface area (Å²) in [6.45, 7) is 10.1. The highest BCUT2D eigenvalue weighted by molar-refractivity contribution is 6.17. The van der Waals surface area contributed by atoms with Gasteiger partial charge in [0.25, 0.3) is 0 Å². The smallest absolute Gasteiger partial charge is 0.228 e. The van der Waals surface area contributed by atoms with Crippen LogP contribution in [0, 0.1) is 27.7 Å². The largest absolute Gasteiger partial charge is 0.279 e. The first-order chi connectivity index (χ1) is 12.4. The van der Waals surface area contributed by atoms with Crippen molar-refractivity contribution < 1.29 is 4.79 Å².